The Morgan fingerprint density at radius 3 is 2.50 bits per heavy atom. The van der Waals surface area contributed by atoms with Crippen molar-refractivity contribution in [3.05, 3.63) is 0 Å². The van der Waals surface area contributed by atoms with Crippen LogP contribution in [0, 0.1) is 40.4 Å². The smallest absolute Gasteiger partial charge is 0.303 e. The van der Waals surface area contributed by atoms with Gasteiger partial charge in [0.05, 0.1) is 0 Å². The van der Waals surface area contributed by atoms with Crippen molar-refractivity contribution in [3.8, 4) is 0 Å². The first-order valence-corrected chi connectivity index (χ1v) is 10.7. The minimum absolute atomic E-state index is 0.376. The third-order valence-electron chi connectivity index (χ3n) is 9.49. The predicted molar refractivity (Wildman–Crippen MR) is 96.7 cm³/mol. The van der Waals surface area contributed by atoms with Crippen molar-refractivity contribution in [2.45, 2.75) is 90.9 Å². The minimum atomic E-state index is -0.606. The number of carboxylic acids is 1. The van der Waals surface area contributed by atoms with Gasteiger partial charge in [0.25, 0.3) is 0 Å². The van der Waals surface area contributed by atoms with Gasteiger partial charge >= 0.3 is 5.97 Å². The number of hydrogen-bond donors (Lipinski definition) is 1. The summed E-state index contributed by atoms with van der Waals surface area (Å²) in [6.07, 6.45) is 15.6. The lowest BCUT2D eigenvalue weighted by molar-refractivity contribution is -0.138. The van der Waals surface area contributed by atoms with Crippen molar-refractivity contribution >= 4 is 5.97 Å². The third kappa shape index (κ3) is 2.46. The van der Waals surface area contributed by atoms with Crippen LogP contribution in [0.2, 0.25) is 0 Å². The van der Waals surface area contributed by atoms with Gasteiger partial charge in [-0.05, 0) is 98.2 Å². The number of aliphatic carboxylic acids is 1. The van der Waals surface area contributed by atoms with E-state index in [9.17, 15) is 4.79 Å². The summed E-state index contributed by atoms with van der Waals surface area (Å²) in [5.74, 6) is 3.85. The molecule has 0 saturated heterocycles. The van der Waals surface area contributed by atoms with Crippen LogP contribution in [0.25, 0.3) is 0 Å². The second-order valence-corrected chi connectivity index (χ2v) is 10.2. The summed E-state index contributed by atoms with van der Waals surface area (Å²) in [5, 5.41) is 9.10. The molecule has 0 spiro atoms. The van der Waals surface area contributed by atoms with Crippen molar-refractivity contribution in [1.29, 1.82) is 0 Å². The second kappa shape index (κ2) is 6.02. The molecule has 0 radical (unpaired) electrons. The molecule has 0 amide bonds. The van der Waals surface area contributed by atoms with Crippen molar-refractivity contribution in [3.63, 3.8) is 0 Å². The van der Waals surface area contributed by atoms with E-state index in [-0.39, 0.29) is 0 Å². The van der Waals surface area contributed by atoms with E-state index in [0.29, 0.717) is 23.2 Å². The highest BCUT2D eigenvalue weighted by molar-refractivity contribution is 5.66. The van der Waals surface area contributed by atoms with Crippen molar-refractivity contribution < 1.29 is 9.90 Å². The van der Waals surface area contributed by atoms with Crippen LogP contribution in [-0.4, -0.2) is 11.1 Å². The quantitative estimate of drug-likeness (QED) is 0.698. The maximum absolute atomic E-state index is 11.0. The number of hydrogen-bond acceptors (Lipinski definition) is 1. The predicted octanol–water partition coefficient (Wildman–Crippen LogP) is 5.90. The SMILES string of the molecule is C[C@]12CC[C@H]3[C@@H](CCC4CCCC[C@@]43C)[C@H]1CC[C@@H]2CCC(=O)O. The molecule has 4 fully saturated rings. The van der Waals surface area contributed by atoms with E-state index >= 15 is 0 Å². The fraction of sp³-hybridized carbons (Fsp3) is 0.955. The van der Waals surface area contributed by atoms with Crippen LogP contribution in [0.1, 0.15) is 90.9 Å². The molecule has 0 aliphatic heterocycles. The fourth-order valence-electron chi connectivity index (χ4n) is 8.18. The molecule has 24 heavy (non-hydrogen) atoms. The molecule has 0 bridgehead atoms. The lowest BCUT2D eigenvalue weighted by Gasteiger charge is -2.60. The summed E-state index contributed by atoms with van der Waals surface area (Å²) >= 11 is 0. The van der Waals surface area contributed by atoms with Gasteiger partial charge in [0.15, 0.2) is 0 Å². The molecule has 0 aromatic carbocycles. The van der Waals surface area contributed by atoms with Gasteiger partial charge in [-0.3, -0.25) is 4.79 Å². The van der Waals surface area contributed by atoms with E-state index in [1.807, 2.05) is 0 Å². The van der Waals surface area contributed by atoms with Crippen LogP contribution >= 0.6 is 0 Å². The average molecular weight is 333 g/mol. The van der Waals surface area contributed by atoms with Gasteiger partial charge in [0.2, 0.25) is 0 Å². The summed E-state index contributed by atoms with van der Waals surface area (Å²) in [5.41, 5.74) is 1.07. The van der Waals surface area contributed by atoms with E-state index < -0.39 is 5.97 Å². The highest BCUT2D eigenvalue weighted by Gasteiger charge is 2.59. The Labute approximate surface area is 147 Å². The molecule has 136 valence electrons. The van der Waals surface area contributed by atoms with Crippen LogP contribution in [0.4, 0.5) is 0 Å². The monoisotopic (exact) mass is 332 g/mol. The van der Waals surface area contributed by atoms with Gasteiger partial charge in [-0.25, -0.2) is 0 Å². The van der Waals surface area contributed by atoms with E-state index in [1.165, 1.54) is 64.2 Å². The molecule has 2 nitrogen and oxygen atoms in total. The summed E-state index contributed by atoms with van der Waals surface area (Å²) in [6, 6.07) is 0. The zero-order valence-electron chi connectivity index (χ0n) is 15.7. The fourth-order valence-corrected chi connectivity index (χ4v) is 8.18. The molecule has 0 aromatic heterocycles. The maximum Gasteiger partial charge on any atom is 0.303 e. The zero-order chi connectivity index (χ0) is 16.9. The standard InChI is InChI=1S/C22H36O2/c1-21-13-4-3-5-15(21)6-9-17-18-10-7-16(8-11-20(23)24)22(18,2)14-12-19(17)21/h15-19H,3-14H2,1-2H3,(H,23,24)/t15?,16-,17+,18-,19+,21+,22-/m1/s1. The molecule has 1 unspecified atom stereocenters. The van der Waals surface area contributed by atoms with Gasteiger partial charge in [0, 0.05) is 6.42 Å². The molecule has 0 aromatic rings. The van der Waals surface area contributed by atoms with Crippen LogP contribution in [0.3, 0.4) is 0 Å². The maximum atomic E-state index is 11.0. The molecule has 4 rings (SSSR count). The van der Waals surface area contributed by atoms with E-state index in [2.05, 4.69) is 13.8 Å². The van der Waals surface area contributed by atoms with E-state index in [0.717, 1.165) is 30.1 Å². The Morgan fingerprint density at radius 2 is 1.71 bits per heavy atom. The van der Waals surface area contributed by atoms with Gasteiger partial charge in [-0.2, -0.15) is 0 Å². The molecule has 4 aliphatic carbocycles. The Balaban J connectivity index is 1.54. The molecule has 1 N–H and O–H groups in total. The van der Waals surface area contributed by atoms with Crippen LogP contribution < -0.4 is 0 Å². The molecule has 4 aliphatic rings. The molecule has 0 heterocycles. The number of carbonyl (C=O) groups is 1. The summed E-state index contributed by atoms with van der Waals surface area (Å²) < 4.78 is 0. The van der Waals surface area contributed by atoms with Gasteiger partial charge in [-0.1, -0.05) is 26.7 Å². The van der Waals surface area contributed by atoms with Gasteiger partial charge in [0.1, 0.15) is 0 Å². The highest BCUT2D eigenvalue weighted by atomic mass is 16.4. The molecular formula is C22H36O2. The first-order valence-electron chi connectivity index (χ1n) is 10.7. The minimum Gasteiger partial charge on any atom is -0.481 e. The molecule has 4 saturated carbocycles. The Bertz CT molecular complexity index is 500. The Hall–Kier alpha value is -0.530. The number of carboxylic acid groups (broad SMARTS) is 1. The van der Waals surface area contributed by atoms with Crippen LogP contribution in [0.15, 0.2) is 0 Å². The normalized spacial score (nSPS) is 50.7. The second-order valence-electron chi connectivity index (χ2n) is 10.2. The third-order valence-corrected chi connectivity index (χ3v) is 9.49. The van der Waals surface area contributed by atoms with Crippen LogP contribution in [-0.2, 0) is 4.79 Å². The lowest BCUT2D eigenvalue weighted by Crippen LogP contribution is -2.52. The zero-order valence-corrected chi connectivity index (χ0v) is 15.7. The van der Waals surface area contributed by atoms with Gasteiger partial charge in [-0.15, -0.1) is 0 Å². The topological polar surface area (TPSA) is 37.3 Å². The van der Waals surface area contributed by atoms with Gasteiger partial charge < -0.3 is 5.11 Å². The Kier molecular flexibility index (Phi) is 4.24. The number of fused-ring (bicyclic) bond motifs is 5. The first-order chi connectivity index (χ1) is 11.4. The largest absolute Gasteiger partial charge is 0.481 e. The summed E-state index contributed by atoms with van der Waals surface area (Å²) in [6.45, 7) is 5.18. The van der Waals surface area contributed by atoms with Crippen molar-refractivity contribution in [1.82, 2.24) is 0 Å². The van der Waals surface area contributed by atoms with E-state index in [1.54, 1.807) is 0 Å². The van der Waals surface area contributed by atoms with Crippen LogP contribution in [0.5, 0.6) is 0 Å². The average Bonchev–Trinajstić information content (AvgIpc) is 2.89. The summed E-state index contributed by atoms with van der Waals surface area (Å²) in [7, 11) is 0. The van der Waals surface area contributed by atoms with E-state index in [4.69, 9.17) is 5.11 Å². The lowest BCUT2D eigenvalue weighted by atomic mass is 9.45. The first kappa shape index (κ1) is 16.9. The highest BCUT2D eigenvalue weighted by Crippen LogP contribution is 2.67. The molecular weight excluding hydrogens is 296 g/mol. The number of rotatable bonds is 3. The molecule has 7 atom stereocenters. The van der Waals surface area contributed by atoms with Crippen molar-refractivity contribution in [2.75, 3.05) is 0 Å². The Morgan fingerprint density at radius 1 is 0.917 bits per heavy atom. The summed E-state index contributed by atoms with van der Waals surface area (Å²) in [4.78, 5) is 11.0. The van der Waals surface area contributed by atoms with Crippen molar-refractivity contribution in [2.24, 2.45) is 40.4 Å². The molecule has 2 heteroatoms.